The Morgan fingerprint density at radius 1 is 1.20 bits per heavy atom. The Bertz CT molecular complexity index is 1130. The Hall–Kier alpha value is -4.18. The second-order valence-electron chi connectivity index (χ2n) is 6.06. The first-order valence-corrected chi connectivity index (χ1v) is 8.54. The number of benzene rings is 1. The average Bonchev–Trinajstić information content (AvgIpc) is 2.70. The average molecular weight is 416 g/mol. The smallest absolute Gasteiger partial charge is 0.303 e. The standard InChI is InChI=1S/C17H16N6O7/c1-10-12(9-18)16(25)21(6-2-3-7-24)17(26)15(10)20-19-13-5-4-11(22(27)28)8-14(13)23(29)30/h4-5,8,24-25H,2-3,6-7H2,1H3. The topological polar surface area (TPSA) is 197 Å². The third-order valence-corrected chi connectivity index (χ3v) is 4.18. The van der Waals surface area contributed by atoms with Gasteiger partial charge in [-0.25, -0.2) is 0 Å². The highest BCUT2D eigenvalue weighted by atomic mass is 16.6. The predicted octanol–water partition coefficient (Wildman–Crippen LogP) is 2.74. The Labute approximate surface area is 168 Å². The van der Waals surface area contributed by atoms with Gasteiger partial charge in [-0.3, -0.25) is 29.6 Å². The first-order chi connectivity index (χ1) is 14.2. The molecule has 0 spiro atoms. The summed E-state index contributed by atoms with van der Waals surface area (Å²) in [5.74, 6) is -0.557. The lowest BCUT2D eigenvalue weighted by atomic mass is 10.1. The molecule has 156 valence electrons. The molecular formula is C17H16N6O7. The molecule has 0 atom stereocenters. The van der Waals surface area contributed by atoms with E-state index in [-0.39, 0.29) is 35.7 Å². The Morgan fingerprint density at radius 2 is 1.90 bits per heavy atom. The van der Waals surface area contributed by atoms with Crippen LogP contribution in [-0.2, 0) is 6.54 Å². The molecule has 2 aromatic rings. The number of aromatic hydroxyl groups is 1. The molecule has 0 unspecified atom stereocenters. The Kier molecular flexibility index (Phi) is 6.89. The van der Waals surface area contributed by atoms with Crippen LogP contribution < -0.4 is 5.56 Å². The van der Waals surface area contributed by atoms with E-state index in [0.29, 0.717) is 18.9 Å². The lowest BCUT2D eigenvalue weighted by Gasteiger charge is -2.12. The van der Waals surface area contributed by atoms with Crippen LogP contribution in [0.25, 0.3) is 0 Å². The number of rotatable bonds is 8. The molecule has 2 rings (SSSR count). The number of azo groups is 1. The van der Waals surface area contributed by atoms with Crippen molar-refractivity contribution in [3.63, 3.8) is 0 Å². The molecule has 30 heavy (non-hydrogen) atoms. The van der Waals surface area contributed by atoms with Crippen LogP contribution >= 0.6 is 0 Å². The van der Waals surface area contributed by atoms with Crippen molar-refractivity contribution >= 4 is 22.7 Å². The maximum absolute atomic E-state index is 12.7. The lowest BCUT2D eigenvalue weighted by Crippen LogP contribution is -2.22. The number of non-ortho nitro benzene ring substituents is 1. The number of nitro benzene ring substituents is 2. The Balaban J connectivity index is 2.60. The zero-order valence-electron chi connectivity index (χ0n) is 15.7. The zero-order valence-corrected chi connectivity index (χ0v) is 15.7. The molecule has 0 aliphatic heterocycles. The van der Waals surface area contributed by atoms with E-state index in [0.717, 1.165) is 16.7 Å². The number of hydrogen-bond donors (Lipinski definition) is 2. The van der Waals surface area contributed by atoms with Gasteiger partial charge in [-0.15, -0.1) is 10.2 Å². The molecule has 2 N–H and O–H groups in total. The quantitative estimate of drug-likeness (QED) is 0.283. The fraction of sp³-hybridized carbons (Fsp3) is 0.294. The van der Waals surface area contributed by atoms with E-state index < -0.39 is 32.7 Å². The van der Waals surface area contributed by atoms with Crippen molar-refractivity contribution in [3.05, 3.63) is 59.9 Å². The lowest BCUT2D eigenvalue weighted by molar-refractivity contribution is -0.393. The van der Waals surface area contributed by atoms with Crippen molar-refractivity contribution in [1.29, 1.82) is 5.26 Å². The summed E-state index contributed by atoms with van der Waals surface area (Å²) in [4.78, 5) is 33.1. The molecule has 0 fully saturated rings. The molecular weight excluding hydrogens is 400 g/mol. The molecule has 13 nitrogen and oxygen atoms in total. The summed E-state index contributed by atoms with van der Waals surface area (Å²) in [6, 6.07) is 4.49. The van der Waals surface area contributed by atoms with Gasteiger partial charge in [-0.2, -0.15) is 5.26 Å². The number of aliphatic hydroxyl groups is 1. The fourth-order valence-electron chi connectivity index (χ4n) is 2.61. The number of nitriles is 1. The molecule has 0 radical (unpaired) electrons. The van der Waals surface area contributed by atoms with E-state index in [1.54, 1.807) is 6.07 Å². The number of nitrogens with zero attached hydrogens (tertiary/aromatic N) is 6. The highest BCUT2D eigenvalue weighted by Crippen LogP contribution is 2.33. The van der Waals surface area contributed by atoms with Crippen molar-refractivity contribution in [2.75, 3.05) is 6.61 Å². The summed E-state index contributed by atoms with van der Waals surface area (Å²) in [6.45, 7) is 1.24. The van der Waals surface area contributed by atoms with Crippen LogP contribution in [0, 0.1) is 38.5 Å². The minimum absolute atomic E-state index is 0.000383. The van der Waals surface area contributed by atoms with Crippen LogP contribution in [0.5, 0.6) is 5.88 Å². The van der Waals surface area contributed by atoms with Gasteiger partial charge < -0.3 is 10.2 Å². The highest BCUT2D eigenvalue weighted by Gasteiger charge is 2.21. The van der Waals surface area contributed by atoms with E-state index in [1.807, 2.05) is 0 Å². The van der Waals surface area contributed by atoms with Crippen LogP contribution in [0.4, 0.5) is 22.7 Å². The maximum Gasteiger partial charge on any atom is 0.303 e. The van der Waals surface area contributed by atoms with Crippen molar-refractivity contribution in [2.24, 2.45) is 10.2 Å². The van der Waals surface area contributed by atoms with Gasteiger partial charge >= 0.3 is 5.69 Å². The van der Waals surface area contributed by atoms with Gasteiger partial charge in [-0.1, -0.05) is 0 Å². The SMILES string of the molecule is Cc1c(C#N)c(O)n(CCCCO)c(=O)c1N=Nc1ccc([N+](=O)[O-])cc1[N+](=O)[O-]. The van der Waals surface area contributed by atoms with Gasteiger partial charge in [0.05, 0.1) is 15.9 Å². The van der Waals surface area contributed by atoms with Gasteiger partial charge in [0, 0.05) is 24.8 Å². The zero-order chi connectivity index (χ0) is 22.4. The second kappa shape index (κ2) is 9.34. The molecule has 1 aromatic carbocycles. The second-order valence-corrected chi connectivity index (χ2v) is 6.06. The molecule has 0 bridgehead atoms. The highest BCUT2D eigenvalue weighted by molar-refractivity contribution is 5.62. The van der Waals surface area contributed by atoms with Crippen LogP contribution in [0.3, 0.4) is 0 Å². The number of nitro groups is 2. The van der Waals surface area contributed by atoms with E-state index in [4.69, 9.17) is 5.11 Å². The summed E-state index contributed by atoms with van der Waals surface area (Å²) in [7, 11) is 0. The molecule has 1 heterocycles. The van der Waals surface area contributed by atoms with E-state index in [2.05, 4.69) is 10.2 Å². The summed E-state index contributed by atoms with van der Waals surface area (Å²) < 4.78 is 0.903. The Morgan fingerprint density at radius 3 is 2.47 bits per heavy atom. The predicted molar refractivity (Wildman–Crippen MR) is 102 cm³/mol. The minimum Gasteiger partial charge on any atom is -0.493 e. The normalized spacial score (nSPS) is 10.8. The maximum atomic E-state index is 12.7. The fourth-order valence-corrected chi connectivity index (χ4v) is 2.61. The van der Waals surface area contributed by atoms with Crippen molar-refractivity contribution in [1.82, 2.24) is 4.57 Å². The molecule has 0 saturated carbocycles. The third-order valence-electron chi connectivity index (χ3n) is 4.18. The molecule has 0 aliphatic carbocycles. The van der Waals surface area contributed by atoms with E-state index >= 15 is 0 Å². The first-order valence-electron chi connectivity index (χ1n) is 8.54. The minimum atomic E-state index is -0.876. The molecule has 1 aromatic heterocycles. The molecule has 13 heteroatoms. The monoisotopic (exact) mass is 416 g/mol. The number of aliphatic hydroxyl groups excluding tert-OH is 1. The molecule has 0 aliphatic rings. The van der Waals surface area contributed by atoms with Crippen molar-refractivity contribution in [3.8, 4) is 11.9 Å². The van der Waals surface area contributed by atoms with Gasteiger partial charge in [0.1, 0.15) is 11.6 Å². The van der Waals surface area contributed by atoms with E-state index in [1.165, 1.54) is 6.92 Å². The van der Waals surface area contributed by atoms with Gasteiger partial charge in [0.2, 0.25) is 5.88 Å². The van der Waals surface area contributed by atoms with Crippen LogP contribution in [0.1, 0.15) is 24.0 Å². The third kappa shape index (κ3) is 4.45. The first kappa shape index (κ1) is 22.1. The number of hydrogen-bond acceptors (Lipinski definition) is 10. The summed E-state index contributed by atoms with van der Waals surface area (Å²) in [5, 5.41) is 57.8. The van der Waals surface area contributed by atoms with Crippen LogP contribution in [-0.4, -0.2) is 31.2 Å². The summed E-state index contributed by atoms with van der Waals surface area (Å²) in [5.41, 5.74) is -2.83. The summed E-state index contributed by atoms with van der Waals surface area (Å²) >= 11 is 0. The van der Waals surface area contributed by atoms with Crippen molar-refractivity contribution in [2.45, 2.75) is 26.3 Å². The van der Waals surface area contributed by atoms with Gasteiger partial charge in [0.15, 0.2) is 11.4 Å². The largest absolute Gasteiger partial charge is 0.493 e. The number of pyridine rings is 1. The number of aromatic nitrogens is 1. The number of unbranched alkanes of at least 4 members (excludes halogenated alkanes) is 1. The molecule has 0 saturated heterocycles. The van der Waals surface area contributed by atoms with Gasteiger partial charge in [0.25, 0.3) is 11.2 Å². The van der Waals surface area contributed by atoms with E-state index in [9.17, 15) is 35.4 Å². The molecule has 0 amide bonds. The van der Waals surface area contributed by atoms with Crippen LogP contribution in [0.2, 0.25) is 0 Å². The van der Waals surface area contributed by atoms with Crippen LogP contribution in [0.15, 0.2) is 33.2 Å². The van der Waals surface area contributed by atoms with Gasteiger partial charge in [-0.05, 0) is 25.8 Å². The summed E-state index contributed by atoms with van der Waals surface area (Å²) in [6.07, 6.45) is 0.690. The van der Waals surface area contributed by atoms with Crippen molar-refractivity contribution < 1.29 is 20.1 Å².